The van der Waals surface area contributed by atoms with E-state index in [0.717, 1.165) is 18.5 Å². The van der Waals surface area contributed by atoms with Gasteiger partial charge in [0.15, 0.2) is 5.69 Å². The van der Waals surface area contributed by atoms with E-state index in [9.17, 15) is 4.79 Å². The summed E-state index contributed by atoms with van der Waals surface area (Å²) in [7, 11) is 0. The molecule has 0 unspecified atom stereocenters. The zero-order valence-corrected chi connectivity index (χ0v) is 13.6. The number of carbonyl (C=O) groups is 1. The predicted octanol–water partition coefficient (Wildman–Crippen LogP) is 3.37. The summed E-state index contributed by atoms with van der Waals surface area (Å²) in [4.78, 5) is 12.3. The summed E-state index contributed by atoms with van der Waals surface area (Å²) in [5.41, 5.74) is 1.77. The Bertz CT molecular complexity index is 728. The molecule has 0 atom stereocenters. The van der Waals surface area contributed by atoms with Gasteiger partial charge in [-0.2, -0.15) is 0 Å². The number of benzene rings is 1. The molecule has 1 heterocycles. The number of nitrogens with zero attached hydrogens (tertiary/aromatic N) is 3. The van der Waals surface area contributed by atoms with E-state index >= 15 is 0 Å². The Morgan fingerprint density at radius 1 is 1.26 bits per heavy atom. The molecular formula is C17H19ClN4O. The van der Waals surface area contributed by atoms with E-state index < -0.39 is 0 Å². The second-order valence-corrected chi connectivity index (χ2v) is 7.21. The number of rotatable bonds is 3. The molecule has 2 fully saturated rings. The minimum atomic E-state index is -0.143. The second-order valence-electron chi connectivity index (χ2n) is 6.78. The summed E-state index contributed by atoms with van der Waals surface area (Å²) in [6.45, 7) is 0. The van der Waals surface area contributed by atoms with Crippen LogP contribution in [-0.2, 0) is 0 Å². The van der Waals surface area contributed by atoms with Gasteiger partial charge in [0.25, 0.3) is 5.91 Å². The number of amides is 1. The van der Waals surface area contributed by atoms with E-state index in [1.807, 2.05) is 12.1 Å². The fraction of sp³-hybridized carbons (Fsp3) is 0.471. The van der Waals surface area contributed by atoms with Crippen LogP contribution in [0, 0.1) is 5.41 Å². The first-order valence-corrected chi connectivity index (χ1v) is 8.51. The summed E-state index contributed by atoms with van der Waals surface area (Å²) in [5.74, 6) is -0.143. The molecule has 2 saturated carbocycles. The molecule has 1 aromatic heterocycles. The lowest BCUT2D eigenvalue weighted by Crippen LogP contribution is -2.38. The van der Waals surface area contributed by atoms with Crippen molar-refractivity contribution in [2.24, 2.45) is 5.41 Å². The molecule has 2 aliphatic carbocycles. The molecule has 120 valence electrons. The van der Waals surface area contributed by atoms with Gasteiger partial charge in [0.2, 0.25) is 0 Å². The minimum Gasteiger partial charge on any atom is -0.348 e. The van der Waals surface area contributed by atoms with Gasteiger partial charge < -0.3 is 5.32 Å². The Morgan fingerprint density at radius 2 is 2.04 bits per heavy atom. The van der Waals surface area contributed by atoms with Crippen LogP contribution in [0.3, 0.4) is 0 Å². The fourth-order valence-corrected chi connectivity index (χ4v) is 3.61. The Hall–Kier alpha value is -1.88. The summed E-state index contributed by atoms with van der Waals surface area (Å²) in [5, 5.41) is 11.7. The maximum absolute atomic E-state index is 12.3. The highest BCUT2D eigenvalue weighted by Gasteiger charge is 2.44. The van der Waals surface area contributed by atoms with E-state index in [1.165, 1.54) is 25.7 Å². The van der Waals surface area contributed by atoms with Gasteiger partial charge in [0.05, 0.1) is 11.9 Å². The predicted molar refractivity (Wildman–Crippen MR) is 87.8 cm³/mol. The Kier molecular flexibility index (Phi) is 3.60. The minimum absolute atomic E-state index is 0.143. The SMILES string of the molecule is O=C(NC1CCC2(CC1)CC2)c1cn(-c2cccc(Cl)c2)nn1. The van der Waals surface area contributed by atoms with Crippen LogP contribution in [-0.4, -0.2) is 26.9 Å². The highest BCUT2D eigenvalue weighted by Crippen LogP contribution is 2.56. The third-order valence-corrected chi connectivity index (χ3v) is 5.37. The lowest BCUT2D eigenvalue weighted by atomic mass is 9.83. The molecule has 1 spiro atoms. The highest BCUT2D eigenvalue weighted by atomic mass is 35.5. The molecule has 0 saturated heterocycles. The maximum Gasteiger partial charge on any atom is 0.273 e. The molecule has 1 aromatic carbocycles. The normalized spacial score (nSPS) is 19.7. The van der Waals surface area contributed by atoms with Crippen LogP contribution < -0.4 is 5.32 Å². The molecule has 23 heavy (non-hydrogen) atoms. The van der Waals surface area contributed by atoms with Crippen LogP contribution in [0.4, 0.5) is 0 Å². The van der Waals surface area contributed by atoms with Crippen molar-refractivity contribution in [2.75, 3.05) is 0 Å². The first kappa shape index (κ1) is 14.7. The number of hydrogen-bond acceptors (Lipinski definition) is 3. The monoisotopic (exact) mass is 330 g/mol. The lowest BCUT2D eigenvalue weighted by molar-refractivity contribution is 0.0914. The number of aromatic nitrogens is 3. The van der Waals surface area contributed by atoms with Gasteiger partial charge in [-0.1, -0.05) is 22.9 Å². The van der Waals surface area contributed by atoms with Gasteiger partial charge in [-0.25, -0.2) is 4.68 Å². The Balaban J connectivity index is 1.41. The number of halogens is 1. The summed E-state index contributed by atoms with van der Waals surface area (Å²) in [6.07, 6.45) is 9.04. The third kappa shape index (κ3) is 3.11. The summed E-state index contributed by atoms with van der Waals surface area (Å²) < 4.78 is 1.57. The van der Waals surface area contributed by atoms with Crippen molar-refractivity contribution >= 4 is 17.5 Å². The van der Waals surface area contributed by atoms with Gasteiger partial charge in [-0.3, -0.25) is 4.79 Å². The quantitative estimate of drug-likeness (QED) is 0.938. The van der Waals surface area contributed by atoms with Crippen LogP contribution in [0.1, 0.15) is 49.0 Å². The van der Waals surface area contributed by atoms with E-state index in [1.54, 1.807) is 23.0 Å². The first-order valence-electron chi connectivity index (χ1n) is 8.13. The number of nitrogens with one attached hydrogen (secondary N) is 1. The molecule has 4 rings (SSSR count). The van der Waals surface area contributed by atoms with Gasteiger partial charge >= 0.3 is 0 Å². The molecule has 6 heteroatoms. The van der Waals surface area contributed by atoms with Crippen LogP contribution in [0.5, 0.6) is 0 Å². The number of hydrogen-bond donors (Lipinski definition) is 1. The van der Waals surface area contributed by atoms with Crippen LogP contribution in [0.15, 0.2) is 30.5 Å². The molecular weight excluding hydrogens is 312 g/mol. The van der Waals surface area contributed by atoms with Gasteiger partial charge in [0.1, 0.15) is 0 Å². The summed E-state index contributed by atoms with van der Waals surface area (Å²) >= 11 is 5.98. The second kappa shape index (κ2) is 5.64. The topological polar surface area (TPSA) is 59.8 Å². The van der Waals surface area contributed by atoms with Crippen molar-refractivity contribution in [3.63, 3.8) is 0 Å². The zero-order valence-electron chi connectivity index (χ0n) is 12.8. The van der Waals surface area contributed by atoms with Crippen molar-refractivity contribution < 1.29 is 4.79 Å². The Morgan fingerprint density at radius 3 is 2.74 bits per heavy atom. The van der Waals surface area contributed by atoms with E-state index in [-0.39, 0.29) is 11.9 Å². The fourth-order valence-electron chi connectivity index (χ4n) is 3.42. The van der Waals surface area contributed by atoms with Crippen molar-refractivity contribution in [1.29, 1.82) is 0 Å². The van der Waals surface area contributed by atoms with Gasteiger partial charge in [-0.05, 0) is 62.1 Å². The third-order valence-electron chi connectivity index (χ3n) is 5.14. The summed E-state index contributed by atoms with van der Waals surface area (Å²) in [6, 6.07) is 7.57. The van der Waals surface area contributed by atoms with Gasteiger partial charge in [0, 0.05) is 11.1 Å². The van der Waals surface area contributed by atoms with E-state index in [4.69, 9.17) is 11.6 Å². The largest absolute Gasteiger partial charge is 0.348 e. The average molecular weight is 331 g/mol. The number of carbonyl (C=O) groups excluding carboxylic acids is 1. The Labute approximate surface area is 140 Å². The molecule has 0 bridgehead atoms. The lowest BCUT2D eigenvalue weighted by Gasteiger charge is -2.28. The zero-order chi connectivity index (χ0) is 15.9. The van der Waals surface area contributed by atoms with Gasteiger partial charge in [-0.15, -0.1) is 5.10 Å². The van der Waals surface area contributed by atoms with Crippen LogP contribution in [0.25, 0.3) is 5.69 Å². The molecule has 0 aliphatic heterocycles. The van der Waals surface area contributed by atoms with Crippen molar-refractivity contribution in [1.82, 2.24) is 20.3 Å². The van der Waals surface area contributed by atoms with Crippen LogP contribution >= 0.6 is 11.6 Å². The standard InChI is InChI=1S/C17H19ClN4O/c18-12-2-1-3-14(10-12)22-11-15(20-21-22)16(23)19-13-4-6-17(7-5-13)8-9-17/h1-3,10-11,13H,4-9H2,(H,19,23). The van der Waals surface area contributed by atoms with Crippen molar-refractivity contribution in [3.05, 3.63) is 41.2 Å². The molecule has 0 radical (unpaired) electrons. The van der Waals surface area contributed by atoms with E-state index in [0.29, 0.717) is 16.1 Å². The average Bonchev–Trinajstić information content (AvgIpc) is 3.11. The highest BCUT2D eigenvalue weighted by molar-refractivity contribution is 6.30. The van der Waals surface area contributed by atoms with Crippen molar-refractivity contribution in [3.8, 4) is 5.69 Å². The first-order chi connectivity index (χ1) is 11.1. The molecule has 5 nitrogen and oxygen atoms in total. The molecule has 2 aliphatic rings. The van der Waals surface area contributed by atoms with Crippen LogP contribution in [0.2, 0.25) is 5.02 Å². The van der Waals surface area contributed by atoms with E-state index in [2.05, 4.69) is 15.6 Å². The molecule has 2 aromatic rings. The molecule has 1 amide bonds. The smallest absolute Gasteiger partial charge is 0.273 e. The molecule has 1 N–H and O–H groups in total. The maximum atomic E-state index is 12.3. The van der Waals surface area contributed by atoms with Crippen molar-refractivity contribution in [2.45, 2.75) is 44.6 Å².